The highest BCUT2D eigenvalue weighted by atomic mass is 15.0. The van der Waals surface area contributed by atoms with Gasteiger partial charge in [-0.2, -0.15) is 0 Å². The molecule has 0 N–H and O–H groups in total. The van der Waals surface area contributed by atoms with Crippen LogP contribution in [-0.2, 0) is 13.5 Å². The van der Waals surface area contributed by atoms with E-state index in [1.165, 1.54) is 22.4 Å². The van der Waals surface area contributed by atoms with Gasteiger partial charge in [0.25, 0.3) is 6.33 Å². The fraction of sp³-hybridized carbons (Fsp3) is 0.158. The van der Waals surface area contributed by atoms with Crippen LogP contribution >= 0.6 is 0 Å². The third-order valence-electron chi connectivity index (χ3n) is 4.29. The van der Waals surface area contributed by atoms with E-state index >= 15 is 0 Å². The van der Waals surface area contributed by atoms with E-state index in [4.69, 9.17) is 0 Å². The Morgan fingerprint density at radius 3 is 2.74 bits per heavy atom. The molecule has 0 fully saturated rings. The molecule has 0 spiro atoms. The normalized spacial score (nSPS) is 12.9. The summed E-state index contributed by atoms with van der Waals surface area (Å²) in [5.74, 6) is 0. The van der Waals surface area contributed by atoms with Gasteiger partial charge in [0.1, 0.15) is 5.69 Å². The molecule has 0 radical (unpaired) electrons. The zero-order valence-electron chi connectivity index (χ0n) is 13.2. The molecule has 112 valence electrons. The Morgan fingerprint density at radius 2 is 1.96 bits per heavy atom. The van der Waals surface area contributed by atoms with E-state index in [0.29, 0.717) is 0 Å². The predicted octanol–water partition coefficient (Wildman–Crippen LogP) is 2.66. The first-order chi connectivity index (χ1) is 11.3. The molecular weight excluding hydrogens is 284 g/mol. The molecule has 23 heavy (non-hydrogen) atoms. The molecule has 0 aliphatic heterocycles. The number of fused-ring (bicyclic) bond motifs is 1. The Hall–Kier alpha value is -2.88. The average molecular weight is 301 g/mol. The van der Waals surface area contributed by atoms with Crippen LogP contribution in [0.4, 0.5) is 0 Å². The minimum Gasteiger partial charge on any atom is -0.261 e. The van der Waals surface area contributed by atoms with Crippen molar-refractivity contribution in [1.82, 2.24) is 15.0 Å². The second-order valence-corrected chi connectivity index (χ2v) is 5.76. The standard InChI is InChI=1S/C19H17N4/c1-13-5-3-4-6-14(13)19-16-8-7-15(17-11-20-9-10-21-17)18(16)22-12-23(19)2/h3-7,9-12H,8H2,1-2H3/q+1. The van der Waals surface area contributed by atoms with Crippen molar-refractivity contribution in [3.8, 4) is 11.3 Å². The molecule has 1 aliphatic carbocycles. The Bertz CT molecular complexity index is 914. The van der Waals surface area contributed by atoms with Crippen LogP contribution in [0.1, 0.15) is 22.5 Å². The van der Waals surface area contributed by atoms with Crippen LogP contribution in [0.3, 0.4) is 0 Å². The number of hydrogen-bond donors (Lipinski definition) is 0. The molecule has 0 bridgehead atoms. The maximum atomic E-state index is 4.66. The first-order valence-electron chi connectivity index (χ1n) is 7.66. The summed E-state index contributed by atoms with van der Waals surface area (Å²) < 4.78 is 2.11. The van der Waals surface area contributed by atoms with Crippen LogP contribution in [0.5, 0.6) is 0 Å². The van der Waals surface area contributed by atoms with Gasteiger partial charge in [-0.05, 0) is 17.5 Å². The molecule has 4 rings (SSSR count). The first kappa shape index (κ1) is 13.8. The van der Waals surface area contributed by atoms with Crippen molar-refractivity contribution in [2.45, 2.75) is 13.3 Å². The molecule has 0 amide bonds. The van der Waals surface area contributed by atoms with Crippen LogP contribution in [0.25, 0.3) is 16.8 Å². The Kier molecular flexibility index (Phi) is 3.23. The highest BCUT2D eigenvalue weighted by Gasteiger charge is 2.29. The summed E-state index contributed by atoms with van der Waals surface area (Å²) in [6.07, 6.45) is 10.2. The van der Waals surface area contributed by atoms with Gasteiger partial charge in [0, 0.05) is 30.0 Å². The molecule has 1 aromatic carbocycles. The molecule has 4 nitrogen and oxygen atoms in total. The molecule has 0 saturated heterocycles. The average Bonchev–Trinajstić information content (AvgIpc) is 3.00. The fourth-order valence-corrected chi connectivity index (χ4v) is 3.19. The quantitative estimate of drug-likeness (QED) is 0.683. The molecule has 3 aromatic rings. The highest BCUT2D eigenvalue weighted by Crippen LogP contribution is 2.34. The molecule has 0 saturated carbocycles. The number of hydrogen-bond acceptors (Lipinski definition) is 3. The number of benzene rings is 1. The van der Waals surface area contributed by atoms with Crippen molar-refractivity contribution < 1.29 is 4.57 Å². The summed E-state index contributed by atoms with van der Waals surface area (Å²) >= 11 is 0. The predicted molar refractivity (Wildman–Crippen MR) is 88.4 cm³/mol. The number of aromatic nitrogens is 4. The van der Waals surface area contributed by atoms with Gasteiger partial charge in [0.2, 0.25) is 0 Å². The molecule has 0 atom stereocenters. The maximum Gasteiger partial charge on any atom is 0.287 e. The zero-order chi connectivity index (χ0) is 15.8. The summed E-state index contributed by atoms with van der Waals surface area (Å²) in [6, 6.07) is 8.48. The molecule has 2 aromatic heterocycles. The van der Waals surface area contributed by atoms with Crippen LogP contribution in [0.2, 0.25) is 0 Å². The van der Waals surface area contributed by atoms with Crippen molar-refractivity contribution in [2.75, 3.05) is 0 Å². The summed E-state index contributed by atoms with van der Waals surface area (Å²) in [5.41, 5.74) is 7.97. The molecule has 0 unspecified atom stereocenters. The molecule has 1 aliphatic rings. The Labute approximate surface area is 135 Å². The lowest BCUT2D eigenvalue weighted by atomic mass is 9.99. The number of aryl methyl sites for hydroxylation is 2. The maximum absolute atomic E-state index is 4.66. The Morgan fingerprint density at radius 1 is 1.09 bits per heavy atom. The van der Waals surface area contributed by atoms with Crippen molar-refractivity contribution >= 4 is 5.57 Å². The van der Waals surface area contributed by atoms with E-state index < -0.39 is 0 Å². The van der Waals surface area contributed by atoms with Crippen molar-refractivity contribution in [1.29, 1.82) is 0 Å². The second kappa shape index (κ2) is 5.39. The lowest BCUT2D eigenvalue weighted by molar-refractivity contribution is -0.663. The highest BCUT2D eigenvalue weighted by molar-refractivity contribution is 5.84. The SMILES string of the molecule is Cc1ccccc1-c1c2c(nc[n+]1C)C(c1cnccn1)=CC2. The second-order valence-electron chi connectivity index (χ2n) is 5.76. The van der Waals surface area contributed by atoms with E-state index in [2.05, 4.69) is 63.8 Å². The summed E-state index contributed by atoms with van der Waals surface area (Å²) in [6.45, 7) is 2.15. The largest absolute Gasteiger partial charge is 0.287 e. The van der Waals surface area contributed by atoms with Gasteiger partial charge in [-0.3, -0.25) is 9.97 Å². The third-order valence-corrected chi connectivity index (χ3v) is 4.29. The van der Waals surface area contributed by atoms with Crippen LogP contribution in [0.15, 0.2) is 55.3 Å². The molecule has 2 heterocycles. The van der Waals surface area contributed by atoms with Gasteiger partial charge in [-0.15, -0.1) is 0 Å². The minimum atomic E-state index is 0.868. The van der Waals surface area contributed by atoms with Crippen LogP contribution < -0.4 is 4.57 Å². The summed E-state index contributed by atoms with van der Waals surface area (Å²) in [4.78, 5) is 13.3. The van der Waals surface area contributed by atoms with Crippen molar-refractivity contribution in [3.63, 3.8) is 0 Å². The fourth-order valence-electron chi connectivity index (χ4n) is 3.19. The van der Waals surface area contributed by atoms with E-state index in [1.807, 2.05) is 6.33 Å². The van der Waals surface area contributed by atoms with Gasteiger partial charge < -0.3 is 0 Å². The first-order valence-corrected chi connectivity index (χ1v) is 7.66. The zero-order valence-corrected chi connectivity index (χ0v) is 13.2. The smallest absolute Gasteiger partial charge is 0.261 e. The van der Waals surface area contributed by atoms with Gasteiger partial charge in [0.05, 0.1) is 24.5 Å². The van der Waals surface area contributed by atoms with Crippen LogP contribution in [0, 0.1) is 6.92 Å². The van der Waals surface area contributed by atoms with Gasteiger partial charge in [0.15, 0.2) is 5.69 Å². The monoisotopic (exact) mass is 301 g/mol. The number of nitrogens with zero attached hydrogens (tertiary/aromatic N) is 4. The van der Waals surface area contributed by atoms with Gasteiger partial charge in [-0.25, -0.2) is 4.57 Å². The number of rotatable bonds is 2. The van der Waals surface area contributed by atoms with Crippen molar-refractivity contribution in [3.05, 3.63) is 77.8 Å². The van der Waals surface area contributed by atoms with Gasteiger partial charge in [-0.1, -0.05) is 30.3 Å². The molecular formula is C19H17N4+. The summed E-state index contributed by atoms with van der Waals surface area (Å²) in [7, 11) is 2.05. The third kappa shape index (κ3) is 2.23. The lowest BCUT2D eigenvalue weighted by Crippen LogP contribution is -2.33. The van der Waals surface area contributed by atoms with E-state index in [1.54, 1.807) is 18.6 Å². The number of allylic oxidation sites excluding steroid dienone is 1. The van der Waals surface area contributed by atoms with E-state index in [9.17, 15) is 0 Å². The van der Waals surface area contributed by atoms with Crippen LogP contribution in [-0.4, -0.2) is 15.0 Å². The topological polar surface area (TPSA) is 42.5 Å². The summed E-state index contributed by atoms with van der Waals surface area (Å²) in [5, 5.41) is 0. The van der Waals surface area contributed by atoms with Crippen molar-refractivity contribution in [2.24, 2.45) is 7.05 Å². The van der Waals surface area contributed by atoms with E-state index in [-0.39, 0.29) is 0 Å². The molecule has 4 heteroatoms. The minimum absolute atomic E-state index is 0.868. The van der Waals surface area contributed by atoms with Gasteiger partial charge >= 0.3 is 0 Å². The van der Waals surface area contributed by atoms with E-state index in [0.717, 1.165) is 23.4 Å². The Balaban J connectivity index is 1.90. The lowest BCUT2D eigenvalue weighted by Gasteiger charge is -2.10.